The minimum Gasteiger partial charge on any atom is -0.481 e. The molecule has 1 aliphatic heterocycles. The first-order valence-electron chi connectivity index (χ1n) is 6.31. The number of halogens is 2. The Morgan fingerprint density at radius 1 is 1.35 bits per heavy atom. The van der Waals surface area contributed by atoms with Gasteiger partial charge in [0.15, 0.2) is 0 Å². The summed E-state index contributed by atoms with van der Waals surface area (Å²) in [6.07, 6.45) is 0.854. The molecule has 1 saturated heterocycles. The molecule has 0 aliphatic carbocycles. The van der Waals surface area contributed by atoms with Crippen molar-refractivity contribution in [2.45, 2.75) is 19.8 Å². The van der Waals surface area contributed by atoms with E-state index in [1.807, 2.05) is 0 Å². The van der Waals surface area contributed by atoms with Crippen molar-refractivity contribution in [3.05, 3.63) is 34.1 Å². The van der Waals surface area contributed by atoms with Crippen molar-refractivity contribution in [2.24, 2.45) is 5.41 Å². The number of piperidine rings is 1. The summed E-state index contributed by atoms with van der Waals surface area (Å²) >= 11 is 3.05. The molecular weight excluding hydrogens is 329 g/mol. The minimum atomic E-state index is -0.825. The molecular formula is C14H15BrFNO3. The second-order valence-electron chi connectivity index (χ2n) is 5.29. The number of carbonyl (C=O) groups excluding carboxylic acids is 1. The molecule has 1 aromatic carbocycles. The maximum Gasteiger partial charge on any atom is 0.309 e. The first-order chi connectivity index (χ1) is 9.33. The zero-order valence-corrected chi connectivity index (χ0v) is 12.6. The summed E-state index contributed by atoms with van der Waals surface area (Å²) in [5.41, 5.74) is -0.364. The summed E-state index contributed by atoms with van der Waals surface area (Å²) in [7, 11) is 0. The van der Waals surface area contributed by atoms with Gasteiger partial charge in [-0.05, 0) is 53.9 Å². The zero-order valence-electron chi connectivity index (χ0n) is 11.0. The summed E-state index contributed by atoms with van der Waals surface area (Å²) in [5.74, 6) is -1.44. The molecule has 1 aliphatic rings. The van der Waals surface area contributed by atoms with Gasteiger partial charge in [0.2, 0.25) is 0 Å². The number of rotatable bonds is 2. The van der Waals surface area contributed by atoms with Gasteiger partial charge >= 0.3 is 5.97 Å². The van der Waals surface area contributed by atoms with Gasteiger partial charge in [-0.25, -0.2) is 4.39 Å². The smallest absolute Gasteiger partial charge is 0.309 e. The Morgan fingerprint density at radius 3 is 2.45 bits per heavy atom. The number of likely N-dealkylation sites (tertiary alicyclic amines) is 1. The highest BCUT2D eigenvalue weighted by Crippen LogP contribution is 2.31. The fourth-order valence-corrected chi connectivity index (χ4v) is 2.61. The topological polar surface area (TPSA) is 57.6 Å². The Morgan fingerprint density at radius 2 is 1.95 bits per heavy atom. The lowest BCUT2D eigenvalue weighted by molar-refractivity contribution is -0.150. The first kappa shape index (κ1) is 15.0. The van der Waals surface area contributed by atoms with E-state index in [9.17, 15) is 14.0 Å². The number of hydrogen-bond acceptors (Lipinski definition) is 2. The van der Waals surface area contributed by atoms with Crippen molar-refractivity contribution in [3.8, 4) is 0 Å². The molecule has 0 aromatic heterocycles. The Bertz CT molecular complexity index is 553. The normalized spacial score (nSPS) is 17.9. The molecule has 1 aromatic rings. The highest BCUT2D eigenvalue weighted by atomic mass is 79.9. The van der Waals surface area contributed by atoms with Crippen LogP contribution in [0.4, 0.5) is 4.39 Å². The maximum atomic E-state index is 13.2. The van der Waals surface area contributed by atoms with Gasteiger partial charge in [-0.2, -0.15) is 0 Å². The Balaban J connectivity index is 2.08. The van der Waals surface area contributed by atoms with Crippen molar-refractivity contribution in [1.29, 1.82) is 0 Å². The number of carbonyl (C=O) groups is 2. The highest BCUT2D eigenvalue weighted by molar-refractivity contribution is 9.10. The molecule has 1 amide bonds. The van der Waals surface area contributed by atoms with Crippen LogP contribution in [-0.2, 0) is 4.79 Å². The standard InChI is InChI=1S/C14H15BrFNO3/c1-14(13(19)20)4-6-17(7-5-14)12(18)9-2-3-11(16)10(15)8-9/h2-3,8H,4-7H2,1H3,(H,19,20). The summed E-state index contributed by atoms with van der Waals surface area (Å²) in [5, 5.41) is 9.16. The van der Waals surface area contributed by atoms with E-state index in [2.05, 4.69) is 15.9 Å². The number of hydrogen-bond donors (Lipinski definition) is 1. The fourth-order valence-electron chi connectivity index (χ4n) is 2.23. The van der Waals surface area contributed by atoms with Crippen LogP contribution >= 0.6 is 15.9 Å². The predicted octanol–water partition coefficient (Wildman–Crippen LogP) is 2.92. The van der Waals surface area contributed by atoms with E-state index in [4.69, 9.17) is 5.11 Å². The van der Waals surface area contributed by atoms with Crippen LogP contribution in [0.2, 0.25) is 0 Å². The van der Waals surface area contributed by atoms with Gasteiger partial charge in [0.1, 0.15) is 5.82 Å². The van der Waals surface area contributed by atoms with E-state index >= 15 is 0 Å². The Kier molecular flexibility index (Phi) is 4.13. The van der Waals surface area contributed by atoms with Crippen LogP contribution in [0.5, 0.6) is 0 Å². The van der Waals surface area contributed by atoms with Gasteiger partial charge in [-0.3, -0.25) is 9.59 Å². The van der Waals surface area contributed by atoms with E-state index in [1.165, 1.54) is 18.2 Å². The van der Waals surface area contributed by atoms with E-state index in [1.54, 1.807) is 11.8 Å². The van der Waals surface area contributed by atoms with Gasteiger partial charge in [0, 0.05) is 18.7 Å². The minimum absolute atomic E-state index is 0.196. The lowest BCUT2D eigenvalue weighted by atomic mass is 9.80. The zero-order chi connectivity index (χ0) is 14.9. The van der Waals surface area contributed by atoms with E-state index in [0.29, 0.717) is 31.5 Å². The van der Waals surface area contributed by atoms with E-state index in [-0.39, 0.29) is 10.4 Å². The van der Waals surface area contributed by atoms with Crippen LogP contribution in [0.15, 0.2) is 22.7 Å². The molecule has 20 heavy (non-hydrogen) atoms. The quantitative estimate of drug-likeness (QED) is 0.898. The molecule has 6 heteroatoms. The summed E-state index contributed by atoms with van der Waals surface area (Å²) in [6, 6.07) is 4.12. The van der Waals surface area contributed by atoms with Crippen molar-refractivity contribution in [1.82, 2.24) is 4.90 Å². The number of amides is 1. The maximum absolute atomic E-state index is 13.2. The third kappa shape index (κ3) is 2.85. The molecule has 4 nitrogen and oxygen atoms in total. The van der Waals surface area contributed by atoms with E-state index < -0.39 is 17.2 Å². The number of carboxylic acids is 1. The molecule has 0 radical (unpaired) electrons. The van der Waals surface area contributed by atoms with Crippen LogP contribution in [0.25, 0.3) is 0 Å². The third-order valence-corrected chi connectivity index (χ3v) is 4.44. The van der Waals surface area contributed by atoms with Gasteiger partial charge in [0.25, 0.3) is 5.91 Å². The molecule has 0 bridgehead atoms. The molecule has 0 saturated carbocycles. The van der Waals surface area contributed by atoms with Crippen LogP contribution in [0.3, 0.4) is 0 Å². The molecule has 1 heterocycles. The van der Waals surface area contributed by atoms with Gasteiger partial charge < -0.3 is 10.0 Å². The second kappa shape index (κ2) is 5.52. The number of aliphatic carboxylic acids is 1. The van der Waals surface area contributed by atoms with Crippen LogP contribution in [0, 0.1) is 11.2 Å². The summed E-state index contributed by atoms with van der Waals surface area (Å²) < 4.78 is 13.4. The van der Waals surface area contributed by atoms with Crippen molar-refractivity contribution in [3.63, 3.8) is 0 Å². The lowest BCUT2D eigenvalue weighted by Crippen LogP contribution is -2.45. The number of nitrogens with zero attached hydrogens (tertiary/aromatic N) is 1. The van der Waals surface area contributed by atoms with Crippen LogP contribution < -0.4 is 0 Å². The third-order valence-electron chi connectivity index (χ3n) is 3.84. The molecule has 108 valence electrons. The molecule has 0 atom stereocenters. The van der Waals surface area contributed by atoms with E-state index in [0.717, 1.165) is 0 Å². The van der Waals surface area contributed by atoms with Gasteiger partial charge in [-0.1, -0.05) is 0 Å². The number of carboxylic acid groups (broad SMARTS) is 1. The van der Waals surface area contributed by atoms with Crippen molar-refractivity contribution in [2.75, 3.05) is 13.1 Å². The van der Waals surface area contributed by atoms with Gasteiger partial charge in [0.05, 0.1) is 9.89 Å². The van der Waals surface area contributed by atoms with Gasteiger partial charge in [-0.15, -0.1) is 0 Å². The Hall–Kier alpha value is -1.43. The summed E-state index contributed by atoms with van der Waals surface area (Å²) in [4.78, 5) is 25.0. The SMILES string of the molecule is CC1(C(=O)O)CCN(C(=O)c2ccc(F)c(Br)c2)CC1. The molecule has 1 fully saturated rings. The number of benzene rings is 1. The molecule has 1 N–H and O–H groups in total. The van der Waals surface area contributed by atoms with Crippen molar-refractivity contribution >= 4 is 27.8 Å². The highest BCUT2D eigenvalue weighted by Gasteiger charge is 2.38. The van der Waals surface area contributed by atoms with Crippen LogP contribution in [0.1, 0.15) is 30.1 Å². The van der Waals surface area contributed by atoms with Crippen LogP contribution in [-0.4, -0.2) is 35.0 Å². The molecule has 0 unspecified atom stereocenters. The largest absolute Gasteiger partial charge is 0.481 e. The fraction of sp³-hybridized carbons (Fsp3) is 0.429. The average molecular weight is 344 g/mol. The molecule has 0 spiro atoms. The average Bonchev–Trinajstić information content (AvgIpc) is 2.42. The second-order valence-corrected chi connectivity index (χ2v) is 6.14. The predicted molar refractivity (Wildman–Crippen MR) is 75.0 cm³/mol. The monoisotopic (exact) mass is 343 g/mol. The Labute approximate surface area is 124 Å². The summed E-state index contributed by atoms with van der Waals surface area (Å²) in [6.45, 7) is 2.50. The first-order valence-corrected chi connectivity index (χ1v) is 7.10. The van der Waals surface area contributed by atoms with Crippen molar-refractivity contribution < 1.29 is 19.1 Å². The molecule has 2 rings (SSSR count). The lowest BCUT2D eigenvalue weighted by Gasteiger charge is -2.36.